The van der Waals surface area contributed by atoms with E-state index in [4.69, 9.17) is 5.73 Å². The summed E-state index contributed by atoms with van der Waals surface area (Å²) >= 11 is 1.50. The van der Waals surface area contributed by atoms with E-state index in [-0.39, 0.29) is 12.3 Å². The number of nitrogens with zero attached hydrogens (tertiary/aromatic N) is 1. The summed E-state index contributed by atoms with van der Waals surface area (Å²) in [4.78, 5) is 1.01. The van der Waals surface area contributed by atoms with E-state index in [1.165, 1.54) is 16.1 Å². The van der Waals surface area contributed by atoms with E-state index in [9.17, 15) is 13.5 Å². The smallest absolute Gasteiger partial charge is 0.215 e. The van der Waals surface area contributed by atoms with Crippen molar-refractivity contribution in [3.8, 4) is 0 Å². The van der Waals surface area contributed by atoms with Gasteiger partial charge >= 0.3 is 0 Å². The van der Waals surface area contributed by atoms with Gasteiger partial charge in [-0.1, -0.05) is 0 Å². The minimum atomic E-state index is -3.27. The van der Waals surface area contributed by atoms with Gasteiger partial charge in [-0.25, -0.2) is 8.42 Å². The fourth-order valence-electron chi connectivity index (χ4n) is 2.13. The molecule has 0 radical (unpaired) electrons. The molecular weight excluding hydrogens is 296 g/mol. The molecule has 1 atom stereocenters. The lowest BCUT2D eigenvalue weighted by atomic mass is 10.1. The highest BCUT2D eigenvalue weighted by molar-refractivity contribution is 8.00. The molecule has 0 amide bonds. The Balaban J connectivity index is 1.84. The summed E-state index contributed by atoms with van der Waals surface area (Å²) in [7, 11) is -3.27. The van der Waals surface area contributed by atoms with E-state index in [1.54, 1.807) is 12.1 Å². The zero-order chi connectivity index (χ0) is 14.6. The molecule has 1 heterocycles. The standard InChI is InChI=1S/C13H20N2O3S2/c14-11-3-5-13(6-4-11)19-8-9-20(17,18)15-7-1-2-12(16)10-15/h3-6,12,16H,1-2,7-10,14H2. The molecule has 2 rings (SSSR count). The molecule has 5 nitrogen and oxygen atoms in total. The summed E-state index contributed by atoms with van der Waals surface area (Å²) in [6.45, 7) is 0.751. The van der Waals surface area contributed by atoms with Gasteiger partial charge in [0.05, 0.1) is 11.9 Å². The summed E-state index contributed by atoms with van der Waals surface area (Å²) in [6, 6.07) is 7.38. The van der Waals surface area contributed by atoms with Crippen molar-refractivity contribution in [3.05, 3.63) is 24.3 Å². The predicted molar refractivity (Wildman–Crippen MR) is 82.2 cm³/mol. The van der Waals surface area contributed by atoms with Crippen LogP contribution in [0.5, 0.6) is 0 Å². The van der Waals surface area contributed by atoms with E-state index in [1.807, 2.05) is 12.1 Å². The Morgan fingerprint density at radius 2 is 2.05 bits per heavy atom. The summed E-state index contributed by atoms with van der Waals surface area (Å²) in [5, 5.41) is 9.55. The van der Waals surface area contributed by atoms with Crippen LogP contribution >= 0.6 is 11.8 Å². The number of anilines is 1. The van der Waals surface area contributed by atoms with Crippen LogP contribution in [-0.2, 0) is 10.0 Å². The fourth-order valence-corrected chi connectivity index (χ4v) is 4.94. The topological polar surface area (TPSA) is 83.6 Å². The zero-order valence-electron chi connectivity index (χ0n) is 11.2. The van der Waals surface area contributed by atoms with Gasteiger partial charge in [0.1, 0.15) is 0 Å². The van der Waals surface area contributed by atoms with Gasteiger partial charge in [0, 0.05) is 29.4 Å². The second-order valence-electron chi connectivity index (χ2n) is 4.89. The van der Waals surface area contributed by atoms with Gasteiger partial charge in [0.15, 0.2) is 0 Å². The summed E-state index contributed by atoms with van der Waals surface area (Å²) in [6.07, 6.45) is 0.890. The number of sulfonamides is 1. The maximum atomic E-state index is 12.2. The van der Waals surface area contributed by atoms with Crippen molar-refractivity contribution in [2.45, 2.75) is 23.8 Å². The molecule has 20 heavy (non-hydrogen) atoms. The highest BCUT2D eigenvalue weighted by Gasteiger charge is 2.27. The number of nitrogens with two attached hydrogens (primary N) is 1. The zero-order valence-corrected chi connectivity index (χ0v) is 12.9. The number of benzene rings is 1. The van der Waals surface area contributed by atoms with Gasteiger partial charge in [-0.2, -0.15) is 4.31 Å². The molecule has 0 spiro atoms. The third-order valence-electron chi connectivity index (χ3n) is 3.24. The highest BCUT2D eigenvalue weighted by Crippen LogP contribution is 2.21. The number of aliphatic hydroxyl groups excluding tert-OH is 1. The Morgan fingerprint density at radius 3 is 2.70 bits per heavy atom. The molecule has 0 aromatic heterocycles. The molecular formula is C13H20N2O3S2. The average Bonchev–Trinajstić information content (AvgIpc) is 2.41. The van der Waals surface area contributed by atoms with Crippen molar-refractivity contribution in [3.63, 3.8) is 0 Å². The van der Waals surface area contributed by atoms with Crippen LogP contribution in [0, 0.1) is 0 Å². The largest absolute Gasteiger partial charge is 0.399 e. The molecule has 3 N–H and O–H groups in total. The lowest BCUT2D eigenvalue weighted by Crippen LogP contribution is -2.43. The maximum Gasteiger partial charge on any atom is 0.215 e. The molecule has 1 aliphatic heterocycles. The van der Waals surface area contributed by atoms with Gasteiger partial charge < -0.3 is 10.8 Å². The van der Waals surface area contributed by atoms with Crippen LogP contribution in [0.25, 0.3) is 0 Å². The molecule has 0 saturated carbocycles. The van der Waals surface area contributed by atoms with Crippen molar-refractivity contribution in [1.29, 1.82) is 0 Å². The van der Waals surface area contributed by atoms with Crippen LogP contribution < -0.4 is 5.73 Å². The molecule has 112 valence electrons. The van der Waals surface area contributed by atoms with Crippen molar-refractivity contribution in [2.24, 2.45) is 0 Å². The van der Waals surface area contributed by atoms with Crippen molar-refractivity contribution >= 4 is 27.5 Å². The number of nitrogen functional groups attached to an aromatic ring is 1. The lowest BCUT2D eigenvalue weighted by molar-refractivity contribution is 0.108. The second kappa shape index (κ2) is 6.80. The van der Waals surface area contributed by atoms with Gasteiger partial charge in [0.2, 0.25) is 10.0 Å². The van der Waals surface area contributed by atoms with Crippen LogP contribution in [-0.4, -0.2) is 48.5 Å². The van der Waals surface area contributed by atoms with Crippen LogP contribution in [0.3, 0.4) is 0 Å². The Hall–Kier alpha value is -0.760. The normalized spacial score (nSPS) is 20.9. The minimum Gasteiger partial charge on any atom is -0.399 e. The molecule has 1 unspecified atom stereocenters. The van der Waals surface area contributed by atoms with Crippen LogP contribution in [0.1, 0.15) is 12.8 Å². The van der Waals surface area contributed by atoms with Crippen molar-refractivity contribution in [1.82, 2.24) is 4.31 Å². The van der Waals surface area contributed by atoms with Gasteiger partial charge in [0.25, 0.3) is 0 Å². The first-order valence-corrected chi connectivity index (χ1v) is 9.21. The molecule has 1 aliphatic rings. The molecule has 1 saturated heterocycles. The molecule has 1 aromatic rings. The fraction of sp³-hybridized carbons (Fsp3) is 0.538. The number of aliphatic hydroxyl groups is 1. The van der Waals surface area contributed by atoms with Crippen molar-refractivity contribution in [2.75, 3.05) is 30.3 Å². The highest BCUT2D eigenvalue weighted by atomic mass is 32.2. The van der Waals surface area contributed by atoms with Gasteiger partial charge in [-0.15, -0.1) is 11.8 Å². The molecule has 0 aliphatic carbocycles. The van der Waals surface area contributed by atoms with E-state index in [2.05, 4.69) is 0 Å². The Morgan fingerprint density at radius 1 is 1.35 bits per heavy atom. The van der Waals surface area contributed by atoms with Gasteiger partial charge in [-0.3, -0.25) is 0 Å². The first-order chi connectivity index (χ1) is 9.47. The van der Waals surface area contributed by atoms with Crippen LogP contribution in [0.4, 0.5) is 5.69 Å². The Labute approximate surface area is 124 Å². The Kier molecular flexibility index (Phi) is 5.31. The number of piperidine rings is 1. The monoisotopic (exact) mass is 316 g/mol. The number of β-amino-alcohol motifs (C(OH)–C–C–N with tert-alkyl or cyclic N) is 1. The molecule has 1 fully saturated rings. The average molecular weight is 316 g/mol. The third-order valence-corrected chi connectivity index (χ3v) is 6.35. The number of rotatable bonds is 5. The molecule has 7 heteroatoms. The number of thioether (sulfide) groups is 1. The number of hydrogen-bond donors (Lipinski definition) is 2. The minimum absolute atomic E-state index is 0.0920. The van der Waals surface area contributed by atoms with Crippen LogP contribution in [0.15, 0.2) is 29.2 Å². The van der Waals surface area contributed by atoms with Crippen molar-refractivity contribution < 1.29 is 13.5 Å². The lowest BCUT2D eigenvalue weighted by Gasteiger charge is -2.29. The SMILES string of the molecule is Nc1ccc(SCCS(=O)(=O)N2CCCC(O)C2)cc1. The third kappa shape index (κ3) is 4.37. The molecule has 0 bridgehead atoms. The Bertz CT molecular complexity index is 531. The summed E-state index contributed by atoms with van der Waals surface area (Å²) in [5.74, 6) is 0.591. The molecule has 1 aromatic carbocycles. The second-order valence-corrected chi connectivity index (χ2v) is 8.14. The quantitative estimate of drug-likeness (QED) is 0.629. The van der Waals surface area contributed by atoms with Gasteiger partial charge in [-0.05, 0) is 37.1 Å². The van der Waals surface area contributed by atoms with E-state index >= 15 is 0 Å². The van der Waals surface area contributed by atoms with Crippen LogP contribution in [0.2, 0.25) is 0 Å². The maximum absolute atomic E-state index is 12.2. The first-order valence-electron chi connectivity index (χ1n) is 6.61. The van der Waals surface area contributed by atoms with E-state index < -0.39 is 16.1 Å². The first kappa shape index (κ1) is 15.6. The van der Waals surface area contributed by atoms with E-state index in [0.29, 0.717) is 24.4 Å². The number of hydrogen-bond acceptors (Lipinski definition) is 5. The summed E-state index contributed by atoms with van der Waals surface area (Å²) < 4.78 is 25.7. The predicted octanol–water partition coefficient (Wildman–Crippen LogP) is 1.15. The summed E-state index contributed by atoms with van der Waals surface area (Å²) in [5.41, 5.74) is 6.30. The van der Waals surface area contributed by atoms with E-state index in [0.717, 1.165) is 11.3 Å².